The van der Waals surface area contributed by atoms with Gasteiger partial charge in [0.15, 0.2) is 5.78 Å². The first kappa shape index (κ1) is 99.9. The number of thiazole rings is 3. The van der Waals surface area contributed by atoms with Crippen molar-refractivity contribution in [3.05, 3.63) is 308 Å². The highest BCUT2D eigenvalue weighted by Gasteiger charge is 2.29. The third-order valence-corrected chi connectivity index (χ3v) is 21.0. The number of nitrogens with zero attached hydrogens (tertiary/aromatic N) is 6. The van der Waals surface area contributed by atoms with Crippen molar-refractivity contribution in [3.8, 4) is 33.8 Å². The first-order valence-electron chi connectivity index (χ1n) is 38.8. The summed E-state index contributed by atoms with van der Waals surface area (Å²) in [6.07, 6.45) is -0.557. The molecular formula is C89H99BrN12O18S5. The molecular weight excluding hydrogens is 1770 g/mol. The number of hydrogen-bond acceptors (Lipinski definition) is 25. The van der Waals surface area contributed by atoms with Crippen molar-refractivity contribution >= 4 is 130 Å². The van der Waals surface area contributed by atoms with E-state index in [2.05, 4.69) is 37.2 Å². The number of benzene rings is 8. The fourth-order valence-electron chi connectivity index (χ4n) is 11.1. The Morgan fingerprint density at radius 1 is 0.432 bits per heavy atom. The lowest BCUT2D eigenvalue weighted by Crippen LogP contribution is -2.46. The Bertz CT molecular complexity index is 5310. The first-order valence-corrected chi connectivity index (χ1v) is 44.4. The number of amides is 4. The summed E-state index contributed by atoms with van der Waals surface area (Å²) in [4.78, 5) is 106. The highest BCUT2D eigenvalue weighted by Crippen LogP contribution is 2.33. The van der Waals surface area contributed by atoms with Gasteiger partial charge in [-0.3, -0.25) is 44.4 Å². The number of carbonyl (C=O) groups excluding carboxylic acids is 5. The van der Waals surface area contributed by atoms with Crippen LogP contribution in [0.5, 0.6) is 0 Å². The van der Waals surface area contributed by atoms with Crippen LogP contribution in [-0.4, -0.2) is 118 Å². The standard InChI is InChI=1S/C22H25N3O5S2.2C22H23N3O4S.C15H21N3O4S.C8H7BrO/c1-22(2,3)30-21(26)24-18(13-15-9-11-17(12-10-15)25-32(27,28)29)20-23-19(14-31-20)16-7-5-4-6-8-16;2*1-22(2,3)29-21(26)24-18(13-15-9-11-17(12-10-15)25(27)28)20-23-19(14-30-20)16-7-5-4-6-8-16;1-15(2,3)22-14(19)17-12(13(23)9-16)8-10-4-6-11(7-5-10)18(20)21;9-6-8(10)7-4-2-1-3-5-7/h4-12,14,18,25H,13H2,1-3H3,(H,24,26)(H,27,28,29);2*4-12,14,18H,13H2,1-3H3,(H,24,26);4-7,12H,8-9,16H2,1-3H3,(H,17,19);1-5H,6H2/t3*18-;12-;/m0000./s1. The second kappa shape index (κ2) is 47.1. The van der Waals surface area contributed by atoms with Crippen LogP contribution in [0.3, 0.4) is 0 Å². The molecule has 0 aliphatic heterocycles. The number of rotatable bonds is 27. The summed E-state index contributed by atoms with van der Waals surface area (Å²) in [7, 11) is -4.34. The van der Waals surface area contributed by atoms with Crippen molar-refractivity contribution in [1.82, 2.24) is 36.2 Å². The summed E-state index contributed by atoms with van der Waals surface area (Å²) in [5, 5.41) is 52.2. The van der Waals surface area contributed by atoms with Crippen LogP contribution in [0.25, 0.3) is 33.8 Å². The number of alkyl halides is 1. The molecule has 4 atom stereocenters. The van der Waals surface area contributed by atoms with E-state index in [4.69, 9.17) is 56.4 Å². The molecule has 0 aliphatic rings. The van der Waals surface area contributed by atoms with Gasteiger partial charge in [-0.1, -0.05) is 198 Å². The third-order valence-electron chi connectivity index (χ3n) is 16.6. The number of alkyl carbamates (subject to hydrolysis) is 4. The number of Topliss-reactive ketones (excluding diaryl/α,β-unsaturated/α-hetero) is 1. The lowest BCUT2D eigenvalue weighted by molar-refractivity contribution is -0.385. The number of nitrogens with two attached hydrogens (primary N) is 1. The highest BCUT2D eigenvalue weighted by atomic mass is 79.9. The van der Waals surface area contributed by atoms with Crippen LogP contribution >= 0.6 is 62.2 Å². The van der Waals surface area contributed by atoms with Crippen LogP contribution in [0.4, 0.5) is 41.9 Å². The zero-order chi connectivity index (χ0) is 91.8. The Morgan fingerprint density at radius 3 is 0.952 bits per heavy atom. The average Bonchev–Trinajstić information content (AvgIpc) is 1.67. The minimum absolute atomic E-state index is 0.00630. The van der Waals surface area contributed by atoms with Crippen molar-refractivity contribution in [2.45, 2.75) is 155 Å². The van der Waals surface area contributed by atoms with Gasteiger partial charge in [0.05, 0.1) is 67.0 Å². The maximum Gasteiger partial charge on any atom is 0.408 e. The number of nitro benzene ring substituents is 3. The lowest BCUT2D eigenvalue weighted by Gasteiger charge is -2.24. The van der Waals surface area contributed by atoms with E-state index in [1.165, 1.54) is 82.5 Å². The molecule has 660 valence electrons. The number of ketones is 1. The van der Waals surface area contributed by atoms with E-state index in [1.54, 1.807) is 132 Å². The smallest absolute Gasteiger partial charge is 0.408 e. The van der Waals surface area contributed by atoms with E-state index >= 15 is 0 Å². The largest absolute Gasteiger partial charge is 0.444 e. The van der Waals surface area contributed by atoms with Crippen LogP contribution in [0.15, 0.2) is 235 Å². The van der Waals surface area contributed by atoms with Crippen LogP contribution in [0.2, 0.25) is 0 Å². The topological polar surface area (TPSA) is 431 Å². The zero-order valence-electron chi connectivity index (χ0n) is 70.6. The molecule has 0 aliphatic carbocycles. The number of halogens is 1. The summed E-state index contributed by atoms with van der Waals surface area (Å²) < 4.78 is 54.3. The van der Waals surface area contributed by atoms with Gasteiger partial charge in [-0.2, -0.15) is 8.42 Å². The van der Waals surface area contributed by atoms with Crippen LogP contribution in [0, 0.1) is 30.3 Å². The van der Waals surface area contributed by atoms with Crippen molar-refractivity contribution in [2.24, 2.45) is 5.73 Å². The molecule has 30 nitrogen and oxygen atoms in total. The molecule has 0 saturated heterocycles. The molecule has 36 heteroatoms. The summed E-state index contributed by atoms with van der Waals surface area (Å²) in [5.74, 6) is 0.126. The second-order valence-corrected chi connectivity index (χ2v) is 36.5. The monoisotopic (exact) mass is 1860 g/mol. The normalized spacial score (nSPS) is 12.2. The quantitative estimate of drug-likeness (QED) is 0.00478. The Balaban J connectivity index is 0.000000221. The summed E-state index contributed by atoms with van der Waals surface area (Å²) in [5.41, 5.74) is 12.9. The van der Waals surface area contributed by atoms with Gasteiger partial charge >= 0.3 is 34.7 Å². The number of carbonyl (C=O) groups is 5. The molecule has 3 aromatic heterocycles. The van der Waals surface area contributed by atoms with Crippen molar-refractivity contribution in [1.29, 1.82) is 0 Å². The SMILES string of the molecule is CC(C)(C)OC(=O)N[C@@H](Cc1ccc(NS(=O)(=O)O)cc1)c1nc(-c2ccccc2)cs1.CC(C)(C)OC(=O)N[C@@H](Cc1ccc([N+](=O)[O-])cc1)C(=S)CN.CC(C)(C)OC(=O)N[C@@H](Cc1ccc([N+](=O)[O-])cc1)c1nc(-c2ccccc2)cs1.CC(C)(C)OC(=O)N[C@@H](Cc1ccc([N+](=O)[O-])cc1)c1nc(-c2ccccc2)cs1.O=C(CBr)c1ccccc1. The Labute approximate surface area is 751 Å². The molecule has 11 aromatic rings. The summed E-state index contributed by atoms with van der Waals surface area (Å²) in [6.45, 7) is 21.6. The molecule has 0 bridgehead atoms. The molecule has 0 fully saturated rings. The third kappa shape index (κ3) is 36.7. The molecule has 11 rings (SSSR count). The fraction of sp³-hybridized carbons (Fsp3) is 0.292. The number of nitro groups is 3. The van der Waals surface area contributed by atoms with Gasteiger partial charge in [0.2, 0.25) is 0 Å². The Kier molecular flexibility index (Phi) is 37.6. The van der Waals surface area contributed by atoms with E-state index in [1.807, 2.05) is 142 Å². The minimum atomic E-state index is -4.34. The van der Waals surface area contributed by atoms with Gasteiger partial charge in [0.25, 0.3) is 17.1 Å². The van der Waals surface area contributed by atoms with E-state index in [0.29, 0.717) is 35.9 Å². The number of anilines is 1. The van der Waals surface area contributed by atoms with E-state index in [0.717, 1.165) is 76.6 Å². The van der Waals surface area contributed by atoms with Crippen LogP contribution < -0.4 is 31.7 Å². The number of thiocarbonyl (C=S) groups is 1. The van der Waals surface area contributed by atoms with E-state index in [-0.39, 0.29) is 35.1 Å². The number of aromatic nitrogens is 3. The maximum atomic E-state index is 12.5. The van der Waals surface area contributed by atoms with Gasteiger partial charge in [0.1, 0.15) is 37.4 Å². The number of hydrogen-bond donors (Lipinski definition) is 7. The van der Waals surface area contributed by atoms with Crippen LogP contribution in [0.1, 0.15) is 149 Å². The van der Waals surface area contributed by atoms with Gasteiger partial charge in [-0.05, 0) is 143 Å². The summed E-state index contributed by atoms with van der Waals surface area (Å²) >= 11 is 12.6. The molecule has 8 N–H and O–H groups in total. The summed E-state index contributed by atoms with van der Waals surface area (Å²) in [6, 6.07) is 61.9. The minimum Gasteiger partial charge on any atom is -0.444 e. The lowest BCUT2D eigenvalue weighted by atomic mass is 10.0. The molecule has 8 aromatic carbocycles. The molecule has 4 amide bonds. The number of nitrogens with one attached hydrogen (secondary N) is 5. The zero-order valence-corrected chi connectivity index (χ0v) is 76.3. The van der Waals surface area contributed by atoms with Crippen molar-refractivity contribution in [3.63, 3.8) is 0 Å². The van der Waals surface area contributed by atoms with Crippen molar-refractivity contribution in [2.75, 3.05) is 16.6 Å². The molecule has 3 heterocycles. The molecule has 0 unspecified atom stereocenters. The van der Waals surface area contributed by atoms with E-state index in [9.17, 15) is 62.7 Å². The Hall–Kier alpha value is -12.2. The first-order chi connectivity index (χ1) is 58.9. The maximum absolute atomic E-state index is 12.5. The fourth-order valence-corrected chi connectivity index (χ4v) is 14.7. The predicted octanol–water partition coefficient (Wildman–Crippen LogP) is 20.5. The molecule has 125 heavy (non-hydrogen) atoms. The second-order valence-electron chi connectivity index (χ2n) is 31.6. The number of non-ortho nitro benzene ring substituents is 3. The van der Waals surface area contributed by atoms with Gasteiger partial charge in [-0.25, -0.2) is 34.1 Å². The van der Waals surface area contributed by atoms with E-state index < -0.39 is 96.0 Å². The molecule has 0 saturated carbocycles. The predicted molar refractivity (Wildman–Crippen MR) is 494 cm³/mol. The van der Waals surface area contributed by atoms with Gasteiger partial charge in [-0.15, -0.1) is 34.0 Å². The number of ether oxygens (including phenoxy) is 4. The molecule has 0 radical (unpaired) electrons. The molecule has 0 spiro atoms. The van der Waals surface area contributed by atoms with Gasteiger partial charge in [0, 0.05) is 86.2 Å². The van der Waals surface area contributed by atoms with Crippen molar-refractivity contribution < 1.29 is 70.7 Å². The average molecular weight is 1870 g/mol. The van der Waals surface area contributed by atoms with Crippen LogP contribution in [-0.2, 0) is 54.9 Å². The Morgan fingerprint density at radius 2 is 0.696 bits per heavy atom. The van der Waals surface area contributed by atoms with Gasteiger partial charge < -0.3 is 45.9 Å². The highest BCUT2D eigenvalue weighted by molar-refractivity contribution is 9.09.